The largest absolute Gasteiger partial charge is 0.481 e. The molecule has 1 aliphatic heterocycles. The number of nitrogens with zero attached hydrogens (tertiary/aromatic N) is 4. The lowest BCUT2D eigenvalue weighted by atomic mass is 9.98. The van der Waals surface area contributed by atoms with Crippen molar-refractivity contribution < 1.29 is 14.7 Å². The molecular weight excluding hydrogens is 356 g/mol. The molecule has 1 amide bonds. The fourth-order valence-electron chi connectivity index (χ4n) is 3.09. The van der Waals surface area contributed by atoms with Crippen molar-refractivity contribution in [1.29, 1.82) is 0 Å². The molecule has 0 spiro atoms. The van der Waals surface area contributed by atoms with Gasteiger partial charge in [0.05, 0.1) is 16.6 Å². The molecule has 0 aliphatic carbocycles. The molecule has 3 rings (SSSR count). The summed E-state index contributed by atoms with van der Waals surface area (Å²) in [6.07, 6.45) is 1.24. The Bertz CT molecular complexity index is 834. The lowest BCUT2D eigenvalue weighted by Gasteiger charge is -2.29. The van der Waals surface area contributed by atoms with Crippen LogP contribution >= 0.6 is 11.6 Å². The molecule has 7 nitrogen and oxygen atoms in total. The molecule has 0 radical (unpaired) electrons. The zero-order valence-electron chi connectivity index (χ0n) is 14.7. The summed E-state index contributed by atoms with van der Waals surface area (Å²) < 4.78 is 1.60. The number of carboxylic acid groups (broad SMARTS) is 1. The smallest absolute Gasteiger partial charge is 0.308 e. The normalized spacial score (nSPS) is 17.5. The number of carboxylic acids is 1. The van der Waals surface area contributed by atoms with Crippen molar-refractivity contribution in [3.8, 4) is 5.69 Å². The third-order valence-electron chi connectivity index (χ3n) is 4.48. The van der Waals surface area contributed by atoms with Gasteiger partial charge in [0.1, 0.15) is 5.82 Å². The zero-order valence-corrected chi connectivity index (χ0v) is 15.5. The van der Waals surface area contributed by atoms with Crippen LogP contribution in [0.2, 0.25) is 5.02 Å². The predicted molar refractivity (Wildman–Crippen MR) is 96.7 cm³/mol. The minimum absolute atomic E-state index is 0.0356. The summed E-state index contributed by atoms with van der Waals surface area (Å²) in [6.45, 7) is 4.63. The van der Waals surface area contributed by atoms with Crippen LogP contribution in [0.4, 0.5) is 0 Å². The van der Waals surface area contributed by atoms with Gasteiger partial charge >= 0.3 is 5.97 Å². The number of aromatic nitrogens is 3. The highest BCUT2D eigenvalue weighted by Crippen LogP contribution is 2.24. The first-order valence-corrected chi connectivity index (χ1v) is 9.00. The van der Waals surface area contributed by atoms with Crippen LogP contribution in [0, 0.1) is 5.92 Å². The van der Waals surface area contributed by atoms with Gasteiger partial charge in [-0.15, -0.1) is 5.10 Å². The predicted octanol–water partition coefficient (Wildman–Crippen LogP) is 2.98. The number of likely N-dealkylation sites (tertiary alicyclic amines) is 1. The first-order chi connectivity index (χ1) is 12.4. The second kappa shape index (κ2) is 7.45. The topological polar surface area (TPSA) is 88.3 Å². The van der Waals surface area contributed by atoms with E-state index in [9.17, 15) is 14.7 Å². The molecule has 0 saturated carbocycles. The van der Waals surface area contributed by atoms with E-state index in [1.54, 1.807) is 10.7 Å². The molecular formula is C18H21ClN4O3. The number of aliphatic carboxylic acids is 1. The van der Waals surface area contributed by atoms with Gasteiger partial charge in [0.25, 0.3) is 5.91 Å². The van der Waals surface area contributed by atoms with E-state index in [1.807, 2.05) is 32.0 Å². The van der Waals surface area contributed by atoms with Gasteiger partial charge in [-0.25, -0.2) is 9.67 Å². The fraction of sp³-hybridized carbons (Fsp3) is 0.444. The molecule has 1 N–H and O–H groups in total. The fourth-order valence-corrected chi connectivity index (χ4v) is 3.31. The zero-order chi connectivity index (χ0) is 18.8. The first-order valence-electron chi connectivity index (χ1n) is 8.62. The molecule has 1 aromatic carbocycles. The van der Waals surface area contributed by atoms with E-state index in [1.165, 1.54) is 4.90 Å². The maximum atomic E-state index is 12.8. The summed E-state index contributed by atoms with van der Waals surface area (Å²) in [5.74, 6) is -1.02. The molecule has 26 heavy (non-hydrogen) atoms. The third kappa shape index (κ3) is 3.58. The van der Waals surface area contributed by atoms with Gasteiger partial charge in [0.2, 0.25) is 5.82 Å². The van der Waals surface area contributed by atoms with Crippen LogP contribution in [0.5, 0.6) is 0 Å². The van der Waals surface area contributed by atoms with Crippen molar-refractivity contribution in [2.45, 2.75) is 32.6 Å². The molecule has 0 bridgehead atoms. The second-order valence-corrected chi connectivity index (χ2v) is 7.15. The van der Waals surface area contributed by atoms with Crippen molar-refractivity contribution in [2.75, 3.05) is 13.1 Å². The molecule has 2 heterocycles. The highest BCUT2D eigenvalue weighted by Gasteiger charge is 2.31. The molecule has 2 aromatic rings. The first kappa shape index (κ1) is 18.4. The third-order valence-corrected chi connectivity index (χ3v) is 4.80. The number of halogens is 1. The Morgan fingerprint density at radius 2 is 2.04 bits per heavy atom. The van der Waals surface area contributed by atoms with Crippen LogP contribution < -0.4 is 0 Å². The summed E-state index contributed by atoms with van der Waals surface area (Å²) in [6, 6.07) is 7.24. The van der Waals surface area contributed by atoms with E-state index >= 15 is 0 Å². The molecule has 138 valence electrons. The lowest BCUT2D eigenvalue weighted by Crippen LogP contribution is -2.42. The minimum Gasteiger partial charge on any atom is -0.481 e. The summed E-state index contributed by atoms with van der Waals surface area (Å²) >= 11 is 6.28. The number of carbonyl (C=O) groups is 2. The van der Waals surface area contributed by atoms with Crippen LogP contribution in [0.3, 0.4) is 0 Å². The van der Waals surface area contributed by atoms with Crippen molar-refractivity contribution >= 4 is 23.5 Å². The van der Waals surface area contributed by atoms with Crippen LogP contribution in [0.15, 0.2) is 24.3 Å². The number of hydrogen-bond acceptors (Lipinski definition) is 4. The number of para-hydroxylation sites is 1. The summed E-state index contributed by atoms with van der Waals surface area (Å²) in [4.78, 5) is 30.0. The van der Waals surface area contributed by atoms with Crippen molar-refractivity contribution in [3.63, 3.8) is 0 Å². The Balaban J connectivity index is 1.94. The van der Waals surface area contributed by atoms with Gasteiger partial charge < -0.3 is 10.0 Å². The Hall–Kier alpha value is -2.41. The average molecular weight is 377 g/mol. The van der Waals surface area contributed by atoms with E-state index in [4.69, 9.17) is 11.6 Å². The van der Waals surface area contributed by atoms with Crippen molar-refractivity contribution in [2.24, 2.45) is 5.92 Å². The Morgan fingerprint density at radius 3 is 2.69 bits per heavy atom. The Kier molecular flexibility index (Phi) is 5.27. The number of benzene rings is 1. The van der Waals surface area contributed by atoms with E-state index in [2.05, 4.69) is 10.1 Å². The highest BCUT2D eigenvalue weighted by atomic mass is 35.5. The van der Waals surface area contributed by atoms with E-state index in [0.29, 0.717) is 35.9 Å². The lowest BCUT2D eigenvalue weighted by molar-refractivity contribution is -0.143. The molecule has 1 atom stereocenters. The van der Waals surface area contributed by atoms with Crippen LogP contribution in [0.25, 0.3) is 5.69 Å². The number of amides is 1. The van der Waals surface area contributed by atoms with Gasteiger partial charge in [-0.2, -0.15) is 0 Å². The van der Waals surface area contributed by atoms with Gasteiger partial charge in [-0.3, -0.25) is 9.59 Å². The van der Waals surface area contributed by atoms with Crippen LogP contribution in [0.1, 0.15) is 49.1 Å². The maximum Gasteiger partial charge on any atom is 0.308 e. The molecule has 1 saturated heterocycles. The Morgan fingerprint density at radius 1 is 1.31 bits per heavy atom. The summed E-state index contributed by atoms with van der Waals surface area (Å²) in [5.41, 5.74) is 0.659. The van der Waals surface area contributed by atoms with Gasteiger partial charge in [0, 0.05) is 19.0 Å². The van der Waals surface area contributed by atoms with Gasteiger partial charge in [-0.1, -0.05) is 37.6 Å². The molecule has 1 fully saturated rings. The quantitative estimate of drug-likeness (QED) is 0.886. The second-order valence-electron chi connectivity index (χ2n) is 6.74. The highest BCUT2D eigenvalue weighted by molar-refractivity contribution is 6.32. The molecule has 1 aliphatic rings. The molecule has 1 unspecified atom stereocenters. The maximum absolute atomic E-state index is 12.8. The summed E-state index contributed by atoms with van der Waals surface area (Å²) in [7, 11) is 0. The van der Waals surface area contributed by atoms with Crippen LogP contribution in [-0.2, 0) is 4.79 Å². The number of hydrogen-bond donors (Lipinski definition) is 1. The van der Waals surface area contributed by atoms with E-state index in [-0.39, 0.29) is 24.2 Å². The summed E-state index contributed by atoms with van der Waals surface area (Å²) in [5, 5.41) is 14.1. The average Bonchev–Trinajstić information content (AvgIpc) is 3.07. The van der Waals surface area contributed by atoms with Crippen LogP contribution in [-0.4, -0.2) is 49.7 Å². The molecule has 1 aromatic heterocycles. The van der Waals surface area contributed by atoms with Crippen molar-refractivity contribution in [3.05, 3.63) is 40.9 Å². The standard InChI is InChI=1S/C18H21ClN4O3/c1-11(2)16-20-15(21-23(16)14-8-4-3-7-13(14)19)17(24)22-9-5-6-12(10-22)18(25)26/h3-4,7-8,11-12H,5-6,9-10H2,1-2H3,(H,25,26). The van der Waals surface area contributed by atoms with Gasteiger partial charge in [-0.05, 0) is 25.0 Å². The van der Waals surface area contributed by atoms with E-state index in [0.717, 1.165) is 0 Å². The molecule has 8 heteroatoms. The monoisotopic (exact) mass is 376 g/mol. The van der Waals surface area contributed by atoms with Crippen molar-refractivity contribution in [1.82, 2.24) is 19.7 Å². The number of rotatable bonds is 4. The minimum atomic E-state index is -0.875. The SMILES string of the molecule is CC(C)c1nc(C(=O)N2CCCC(C(=O)O)C2)nn1-c1ccccc1Cl. The number of piperidine rings is 1. The number of carbonyl (C=O) groups excluding carboxylic acids is 1. The Labute approximate surface area is 156 Å². The van der Waals surface area contributed by atoms with E-state index < -0.39 is 11.9 Å². The van der Waals surface area contributed by atoms with Gasteiger partial charge in [0.15, 0.2) is 0 Å².